The molecule has 0 aromatic carbocycles. The summed E-state index contributed by atoms with van der Waals surface area (Å²) in [4.78, 5) is 14.4. The van der Waals surface area contributed by atoms with Crippen LogP contribution >= 0.6 is 23.2 Å². The smallest absolute Gasteiger partial charge is 0.268 e. The predicted molar refractivity (Wildman–Crippen MR) is 64.4 cm³/mol. The maximum atomic E-state index is 13.5. The second kappa shape index (κ2) is 5.25. The first kappa shape index (κ1) is 12.7. The van der Waals surface area contributed by atoms with Gasteiger partial charge in [-0.2, -0.15) is 0 Å². The highest BCUT2D eigenvalue weighted by atomic mass is 35.5. The van der Waals surface area contributed by atoms with Gasteiger partial charge in [0.1, 0.15) is 17.0 Å². The summed E-state index contributed by atoms with van der Waals surface area (Å²) >= 11 is 11.4. The molecule has 4 nitrogen and oxygen atoms in total. The number of aromatic amines is 1. The third-order valence-electron chi connectivity index (χ3n) is 2.69. The number of piperidine rings is 1. The summed E-state index contributed by atoms with van der Waals surface area (Å²) in [5.41, 5.74) is 0.241. The van der Waals surface area contributed by atoms with Gasteiger partial charge < -0.3 is 15.6 Å². The number of hydrogen-bond acceptors (Lipinski definition) is 2. The molecule has 2 heterocycles. The lowest BCUT2D eigenvalue weighted by atomic mass is 10.0. The summed E-state index contributed by atoms with van der Waals surface area (Å²) in [5, 5.41) is 6.02. The number of hydrogen-bond donors (Lipinski definition) is 3. The fourth-order valence-corrected chi connectivity index (χ4v) is 2.07. The fourth-order valence-electron chi connectivity index (χ4n) is 1.76. The Bertz CT molecular complexity index is 404. The molecular weight excluding hydrogens is 268 g/mol. The van der Waals surface area contributed by atoms with Crippen molar-refractivity contribution in [2.24, 2.45) is 0 Å². The second-order valence-electron chi connectivity index (χ2n) is 3.93. The maximum absolute atomic E-state index is 13.5. The zero-order chi connectivity index (χ0) is 12.4. The lowest BCUT2D eigenvalue weighted by Crippen LogP contribution is -2.50. The summed E-state index contributed by atoms with van der Waals surface area (Å²) < 4.78 is 13.5. The van der Waals surface area contributed by atoms with Gasteiger partial charge in [-0.1, -0.05) is 23.2 Å². The van der Waals surface area contributed by atoms with E-state index in [-0.39, 0.29) is 22.4 Å². The number of aromatic nitrogens is 1. The van der Waals surface area contributed by atoms with Crippen molar-refractivity contribution < 1.29 is 9.18 Å². The van der Waals surface area contributed by atoms with Crippen molar-refractivity contribution in [2.75, 3.05) is 13.1 Å². The van der Waals surface area contributed by atoms with Gasteiger partial charge in [-0.25, -0.2) is 4.39 Å². The third-order valence-corrected chi connectivity index (χ3v) is 3.39. The van der Waals surface area contributed by atoms with E-state index in [0.29, 0.717) is 13.0 Å². The lowest BCUT2D eigenvalue weighted by molar-refractivity contribution is 0.0888. The highest BCUT2D eigenvalue weighted by Gasteiger charge is 2.26. The van der Waals surface area contributed by atoms with Gasteiger partial charge in [0.2, 0.25) is 0 Å². The molecule has 0 bridgehead atoms. The van der Waals surface area contributed by atoms with Gasteiger partial charge in [0.25, 0.3) is 5.91 Å². The number of nitrogens with one attached hydrogen (secondary N) is 3. The predicted octanol–water partition coefficient (Wildman–Crippen LogP) is 1.75. The van der Waals surface area contributed by atoms with Crippen molar-refractivity contribution in [1.82, 2.24) is 15.6 Å². The molecule has 0 spiro atoms. The van der Waals surface area contributed by atoms with Crippen LogP contribution in [0.2, 0.25) is 10.2 Å². The van der Waals surface area contributed by atoms with E-state index in [2.05, 4.69) is 15.6 Å². The molecule has 2 rings (SSSR count). The van der Waals surface area contributed by atoms with Gasteiger partial charge in [0.15, 0.2) is 0 Å². The Kier molecular flexibility index (Phi) is 3.91. The van der Waals surface area contributed by atoms with Crippen molar-refractivity contribution in [3.8, 4) is 0 Å². The zero-order valence-corrected chi connectivity index (χ0v) is 10.4. The number of halogens is 3. The molecule has 1 aromatic heterocycles. The molecule has 1 aromatic rings. The van der Waals surface area contributed by atoms with Crippen molar-refractivity contribution in [1.29, 1.82) is 0 Å². The van der Waals surface area contributed by atoms with E-state index in [4.69, 9.17) is 23.2 Å². The SMILES string of the molecule is O=C(NC1CCNCC1F)c1cc(Cl)c(Cl)[nH]1. The van der Waals surface area contributed by atoms with Crippen LogP contribution in [0, 0.1) is 0 Å². The molecule has 1 saturated heterocycles. The molecule has 0 saturated carbocycles. The average molecular weight is 280 g/mol. The molecule has 0 aliphatic carbocycles. The van der Waals surface area contributed by atoms with Crippen LogP contribution in [-0.2, 0) is 0 Å². The Labute approximate surface area is 108 Å². The highest BCUT2D eigenvalue weighted by molar-refractivity contribution is 6.41. The summed E-state index contributed by atoms with van der Waals surface area (Å²) in [5.74, 6) is -0.395. The number of carbonyl (C=O) groups excluding carboxylic acids is 1. The topological polar surface area (TPSA) is 56.9 Å². The standard InChI is InChI=1S/C10H12Cl2FN3O/c11-5-3-8(15-9(5)12)10(17)16-7-1-2-14-4-6(7)13/h3,6-7,14-15H,1-2,4H2,(H,16,17). The molecule has 1 fully saturated rings. The van der Waals surface area contributed by atoms with E-state index in [1.54, 1.807) is 0 Å². The van der Waals surface area contributed by atoms with E-state index >= 15 is 0 Å². The molecule has 3 N–H and O–H groups in total. The van der Waals surface area contributed by atoms with E-state index < -0.39 is 18.1 Å². The number of rotatable bonds is 2. The van der Waals surface area contributed by atoms with Gasteiger partial charge in [0, 0.05) is 6.54 Å². The average Bonchev–Trinajstić information content (AvgIpc) is 2.63. The van der Waals surface area contributed by atoms with Gasteiger partial charge in [-0.15, -0.1) is 0 Å². The second-order valence-corrected chi connectivity index (χ2v) is 4.72. The molecular formula is C10H12Cl2FN3O. The molecule has 1 aliphatic rings. The maximum Gasteiger partial charge on any atom is 0.268 e. The number of amides is 1. The first-order valence-electron chi connectivity index (χ1n) is 5.27. The van der Waals surface area contributed by atoms with Crippen LogP contribution in [-0.4, -0.2) is 36.2 Å². The van der Waals surface area contributed by atoms with E-state index in [1.807, 2.05) is 0 Å². The van der Waals surface area contributed by atoms with Crippen LogP contribution in [0.3, 0.4) is 0 Å². The van der Waals surface area contributed by atoms with Crippen molar-refractivity contribution in [3.05, 3.63) is 21.9 Å². The monoisotopic (exact) mass is 279 g/mol. The normalized spacial score (nSPS) is 24.6. The number of H-pyrrole nitrogens is 1. The van der Waals surface area contributed by atoms with Crippen LogP contribution in [0.25, 0.3) is 0 Å². The fraction of sp³-hybridized carbons (Fsp3) is 0.500. The Balaban J connectivity index is 2.01. The Morgan fingerprint density at radius 2 is 2.29 bits per heavy atom. The van der Waals surface area contributed by atoms with Gasteiger partial charge >= 0.3 is 0 Å². The molecule has 7 heteroatoms. The molecule has 0 radical (unpaired) electrons. The molecule has 17 heavy (non-hydrogen) atoms. The minimum Gasteiger partial charge on any atom is -0.345 e. The summed E-state index contributed by atoms with van der Waals surface area (Å²) in [6.07, 6.45) is -0.511. The Hall–Kier alpha value is -0.780. The minimum atomic E-state index is -1.08. The van der Waals surface area contributed by atoms with Crippen molar-refractivity contribution in [3.63, 3.8) is 0 Å². The third kappa shape index (κ3) is 2.91. The van der Waals surface area contributed by atoms with E-state index in [9.17, 15) is 9.18 Å². The molecule has 2 atom stereocenters. The summed E-state index contributed by atoms with van der Waals surface area (Å²) in [6, 6.07) is 0.956. The molecule has 1 aliphatic heterocycles. The van der Waals surface area contributed by atoms with E-state index in [1.165, 1.54) is 6.07 Å². The zero-order valence-electron chi connectivity index (χ0n) is 8.90. The van der Waals surface area contributed by atoms with Gasteiger partial charge in [-0.3, -0.25) is 4.79 Å². The first-order valence-corrected chi connectivity index (χ1v) is 6.03. The quantitative estimate of drug-likeness (QED) is 0.773. The van der Waals surface area contributed by atoms with E-state index in [0.717, 1.165) is 0 Å². The summed E-state index contributed by atoms with van der Waals surface area (Å²) in [6.45, 7) is 0.953. The summed E-state index contributed by atoms with van der Waals surface area (Å²) in [7, 11) is 0. The van der Waals surface area contributed by atoms with Crippen LogP contribution in [0.5, 0.6) is 0 Å². The largest absolute Gasteiger partial charge is 0.345 e. The van der Waals surface area contributed by atoms with Crippen molar-refractivity contribution in [2.45, 2.75) is 18.6 Å². The van der Waals surface area contributed by atoms with Crippen LogP contribution in [0.15, 0.2) is 6.07 Å². The molecule has 1 amide bonds. The molecule has 94 valence electrons. The van der Waals surface area contributed by atoms with Gasteiger partial charge in [-0.05, 0) is 19.0 Å². The van der Waals surface area contributed by atoms with Crippen molar-refractivity contribution >= 4 is 29.1 Å². The molecule has 2 unspecified atom stereocenters. The van der Waals surface area contributed by atoms with Crippen LogP contribution in [0.1, 0.15) is 16.9 Å². The Morgan fingerprint density at radius 3 is 2.88 bits per heavy atom. The van der Waals surface area contributed by atoms with Crippen LogP contribution in [0.4, 0.5) is 4.39 Å². The first-order chi connectivity index (χ1) is 8.08. The number of carbonyl (C=O) groups is 1. The minimum absolute atomic E-state index is 0.207. The van der Waals surface area contributed by atoms with Gasteiger partial charge in [0.05, 0.1) is 11.1 Å². The number of alkyl halides is 1. The Morgan fingerprint density at radius 1 is 1.53 bits per heavy atom. The highest BCUT2D eigenvalue weighted by Crippen LogP contribution is 2.22. The van der Waals surface area contributed by atoms with Crippen LogP contribution < -0.4 is 10.6 Å². The lowest BCUT2D eigenvalue weighted by Gasteiger charge is -2.27.